The SMILES string of the molecule is O=C(Cc1cccc2ncccc12)N1CCNCC1c1ccncc1. The highest BCUT2D eigenvalue weighted by Crippen LogP contribution is 2.24. The van der Waals surface area contributed by atoms with E-state index in [0.717, 1.165) is 41.7 Å². The number of benzene rings is 1. The summed E-state index contributed by atoms with van der Waals surface area (Å²) in [5, 5.41) is 4.44. The van der Waals surface area contributed by atoms with Gasteiger partial charge in [0, 0.05) is 43.6 Å². The summed E-state index contributed by atoms with van der Waals surface area (Å²) in [6.07, 6.45) is 5.74. The summed E-state index contributed by atoms with van der Waals surface area (Å²) in [6.45, 7) is 2.31. The van der Waals surface area contributed by atoms with Crippen molar-refractivity contribution in [1.29, 1.82) is 0 Å². The Balaban J connectivity index is 1.60. The molecule has 1 unspecified atom stereocenters. The standard InChI is InChI=1S/C20H20N4O/c25-20(13-16-3-1-5-18-17(16)4-2-8-23-18)24-12-11-22-14-19(24)15-6-9-21-10-7-15/h1-10,19,22H,11-14H2. The summed E-state index contributed by atoms with van der Waals surface area (Å²) >= 11 is 0. The second-order valence-electron chi connectivity index (χ2n) is 6.25. The molecule has 5 nitrogen and oxygen atoms in total. The van der Waals surface area contributed by atoms with Crippen molar-refractivity contribution in [3.05, 3.63) is 72.2 Å². The number of nitrogens with one attached hydrogen (secondary N) is 1. The number of carbonyl (C=O) groups excluding carboxylic acids is 1. The zero-order chi connectivity index (χ0) is 17.1. The van der Waals surface area contributed by atoms with Gasteiger partial charge in [-0.1, -0.05) is 18.2 Å². The highest BCUT2D eigenvalue weighted by atomic mass is 16.2. The molecule has 2 aromatic heterocycles. The topological polar surface area (TPSA) is 58.1 Å². The van der Waals surface area contributed by atoms with Gasteiger partial charge in [-0.05, 0) is 35.4 Å². The maximum atomic E-state index is 13.1. The zero-order valence-corrected chi connectivity index (χ0v) is 13.9. The minimum absolute atomic E-state index is 0.0531. The van der Waals surface area contributed by atoms with Crippen LogP contribution in [0.25, 0.3) is 10.9 Å². The summed E-state index contributed by atoms with van der Waals surface area (Å²) in [4.78, 5) is 23.5. The average Bonchev–Trinajstić information content (AvgIpc) is 2.69. The first kappa shape index (κ1) is 15.7. The van der Waals surface area contributed by atoms with Crippen molar-refractivity contribution in [2.45, 2.75) is 12.5 Å². The van der Waals surface area contributed by atoms with Gasteiger partial charge in [0.25, 0.3) is 0 Å². The summed E-state index contributed by atoms with van der Waals surface area (Å²) in [6, 6.07) is 13.9. The Bertz CT molecular complexity index is 876. The van der Waals surface area contributed by atoms with Gasteiger partial charge in [0.1, 0.15) is 0 Å². The van der Waals surface area contributed by atoms with Gasteiger partial charge < -0.3 is 10.2 Å². The molecule has 1 fully saturated rings. The first-order valence-corrected chi connectivity index (χ1v) is 8.55. The van der Waals surface area contributed by atoms with Gasteiger partial charge in [-0.3, -0.25) is 14.8 Å². The van der Waals surface area contributed by atoms with E-state index in [4.69, 9.17) is 0 Å². The second kappa shape index (κ2) is 6.99. The molecule has 1 aromatic carbocycles. The van der Waals surface area contributed by atoms with Crippen LogP contribution >= 0.6 is 0 Å². The second-order valence-corrected chi connectivity index (χ2v) is 6.25. The number of nitrogens with zero attached hydrogens (tertiary/aromatic N) is 3. The molecule has 0 radical (unpaired) electrons. The van der Waals surface area contributed by atoms with Crippen molar-refractivity contribution in [1.82, 2.24) is 20.2 Å². The van der Waals surface area contributed by atoms with Crippen molar-refractivity contribution in [3.8, 4) is 0 Å². The molecule has 0 spiro atoms. The van der Waals surface area contributed by atoms with E-state index in [1.165, 1.54) is 0 Å². The van der Waals surface area contributed by atoms with E-state index in [0.29, 0.717) is 6.42 Å². The molecular weight excluding hydrogens is 312 g/mol. The number of aromatic nitrogens is 2. The number of hydrogen-bond acceptors (Lipinski definition) is 4. The molecule has 1 N–H and O–H groups in total. The van der Waals surface area contributed by atoms with Gasteiger partial charge in [0.2, 0.25) is 5.91 Å². The summed E-state index contributed by atoms with van der Waals surface area (Å²) in [5.41, 5.74) is 3.08. The third-order valence-corrected chi connectivity index (χ3v) is 4.73. The molecule has 0 bridgehead atoms. The number of fused-ring (bicyclic) bond motifs is 1. The average molecular weight is 332 g/mol. The monoisotopic (exact) mass is 332 g/mol. The Morgan fingerprint density at radius 2 is 2.00 bits per heavy atom. The molecule has 1 saturated heterocycles. The molecule has 3 heterocycles. The van der Waals surface area contributed by atoms with E-state index in [1.54, 1.807) is 18.6 Å². The van der Waals surface area contributed by atoms with Gasteiger partial charge in [-0.2, -0.15) is 0 Å². The van der Waals surface area contributed by atoms with E-state index < -0.39 is 0 Å². The van der Waals surface area contributed by atoms with E-state index >= 15 is 0 Å². The molecule has 0 saturated carbocycles. The van der Waals surface area contributed by atoms with E-state index in [9.17, 15) is 4.79 Å². The molecule has 3 aromatic rings. The van der Waals surface area contributed by atoms with Crippen LogP contribution in [0.3, 0.4) is 0 Å². The molecule has 4 rings (SSSR count). The third kappa shape index (κ3) is 3.23. The predicted molar refractivity (Wildman–Crippen MR) is 97.0 cm³/mol. The van der Waals surface area contributed by atoms with Gasteiger partial charge >= 0.3 is 0 Å². The first-order chi connectivity index (χ1) is 12.3. The highest BCUT2D eigenvalue weighted by molar-refractivity contribution is 5.88. The molecule has 1 amide bonds. The van der Waals surface area contributed by atoms with E-state index in [2.05, 4.69) is 15.3 Å². The Morgan fingerprint density at radius 1 is 1.12 bits per heavy atom. The molecule has 0 aliphatic carbocycles. The fourth-order valence-corrected chi connectivity index (χ4v) is 3.47. The van der Waals surface area contributed by atoms with Crippen LogP contribution in [0.2, 0.25) is 0 Å². The van der Waals surface area contributed by atoms with Crippen LogP contribution in [0.5, 0.6) is 0 Å². The van der Waals surface area contributed by atoms with Gasteiger partial charge in [0.15, 0.2) is 0 Å². The number of rotatable bonds is 3. The van der Waals surface area contributed by atoms with E-state index in [-0.39, 0.29) is 11.9 Å². The molecule has 5 heteroatoms. The smallest absolute Gasteiger partial charge is 0.227 e. The van der Waals surface area contributed by atoms with Crippen LogP contribution in [0, 0.1) is 0 Å². The molecule has 25 heavy (non-hydrogen) atoms. The summed E-state index contributed by atoms with van der Waals surface area (Å²) in [5.74, 6) is 0.152. The molecule has 1 aliphatic rings. The fourth-order valence-electron chi connectivity index (χ4n) is 3.47. The van der Waals surface area contributed by atoms with Crippen LogP contribution in [0.4, 0.5) is 0 Å². The zero-order valence-electron chi connectivity index (χ0n) is 13.9. The maximum Gasteiger partial charge on any atom is 0.227 e. The summed E-state index contributed by atoms with van der Waals surface area (Å²) < 4.78 is 0. The van der Waals surface area contributed by atoms with Crippen molar-refractivity contribution in [3.63, 3.8) is 0 Å². The Hall–Kier alpha value is -2.79. The van der Waals surface area contributed by atoms with Crippen LogP contribution in [-0.2, 0) is 11.2 Å². The lowest BCUT2D eigenvalue weighted by Gasteiger charge is -2.36. The Labute approximate surface area is 146 Å². The predicted octanol–water partition coefficient (Wildman–Crippen LogP) is 2.35. The number of pyridine rings is 2. The molecule has 1 atom stereocenters. The third-order valence-electron chi connectivity index (χ3n) is 4.73. The lowest BCUT2D eigenvalue weighted by molar-refractivity contribution is -0.133. The lowest BCUT2D eigenvalue weighted by atomic mass is 10.0. The maximum absolute atomic E-state index is 13.1. The van der Waals surface area contributed by atoms with Crippen molar-refractivity contribution >= 4 is 16.8 Å². The number of carbonyl (C=O) groups is 1. The lowest BCUT2D eigenvalue weighted by Crippen LogP contribution is -2.49. The summed E-state index contributed by atoms with van der Waals surface area (Å²) in [7, 11) is 0. The van der Waals surface area contributed by atoms with E-state index in [1.807, 2.05) is 47.4 Å². The Morgan fingerprint density at radius 3 is 2.88 bits per heavy atom. The van der Waals surface area contributed by atoms with Crippen LogP contribution in [0.1, 0.15) is 17.2 Å². The first-order valence-electron chi connectivity index (χ1n) is 8.55. The van der Waals surface area contributed by atoms with Gasteiger partial charge in [-0.25, -0.2) is 0 Å². The van der Waals surface area contributed by atoms with Gasteiger partial charge in [-0.15, -0.1) is 0 Å². The van der Waals surface area contributed by atoms with Crippen molar-refractivity contribution < 1.29 is 4.79 Å². The van der Waals surface area contributed by atoms with Crippen molar-refractivity contribution in [2.24, 2.45) is 0 Å². The fraction of sp³-hybridized carbons (Fsp3) is 0.250. The van der Waals surface area contributed by atoms with Gasteiger partial charge in [0.05, 0.1) is 18.0 Å². The molecular formula is C20H20N4O. The molecule has 1 aliphatic heterocycles. The minimum atomic E-state index is 0.0531. The Kier molecular flexibility index (Phi) is 4.39. The number of piperazine rings is 1. The normalized spacial score (nSPS) is 17.6. The highest BCUT2D eigenvalue weighted by Gasteiger charge is 2.27. The largest absolute Gasteiger partial charge is 0.333 e. The van der Waals surface area contributed by atoms with Crippen LogP contribution in [-0.4, -0.2) is 40.4 Å². The number of amides is 1. The van der Waals surface area contributed by atoms with Crippen LogP contribution < -0.4 is 5.32 Å². The number of hydrogen-bond donors (Lipinski definition) is 1. The quantitative estimate of drug-likeness (QED) is 0.800. The molecule has 126 valence electrons. The van der Waals surface area contributed by atoms with Crippen LogP contribution in [0.15, 0.2) is 61.1 Å². The minimum Gasteiger partial charge on any atom is -0.333 e. The van der Waals surface area contributed by atoms with Crippen molar-refractivity contribution in [2.75, 3.05) is 19.6 Å².